The van der Waals surface area contributed by atoms with Gasteiger partial charge in [-0.05, 0) is 24.7 Å². The molecule has 0 radical (unpaired) electrons. The zero-order chi connectivity index (χ0) is 11.4. The van der Waals surface area contributed by atoms with Crippen LogP contribution in [0.5, 0.6) is 11.5 Å². The predicted octanol–water partition coefficient (Wildman–Crippen LogP) is 1.41. The number of ether oxygens (including phenoxy) is 2. The maximum absolute atomic E-state index is 8.57. The van der Waals surface area contributed by atoms with Gasteiger partial charge in [0.15, 0.2) is 11.5 Å². The molecule has 4 heteroatoms. The third-order valence-corrected chi connectivity index (χ3v) is 2.40. The van der Waals surface area contributed by atoms with Crippen LogP contribution >= 0.6 is 0 Å². The Bertz CT molecular complexity index is 412. The number of hydrogen-bond acceptors (Lipinski definition) is 4. The van der Waals surface area contributed by atoms with E-state index >= 15 is 0 Å². The van der Waals surface area contributed by atoms with Gasteiger partial charge in [-0.3, -0.25) is 4.90 Å². The van der Waals surface area contributed by atoms with E-state index in [0.717, 1.165) is 23.6 Å². The van der Waals surface area contributed by atoms with Crippen molar-refractivity contribution >= 4 is 0 Å². The fourth-order valence-corrected chi connectivity index (χ4v) is 1.67. The molecule has 84 valence electrons. The van der Waals surface area contributed by atoms with E-state index in [-0.39, 0.29) is 0 Å². The van der Waals surface area contributed by atoms with Gasteiger partial charge in [0.05, 0.1) is 12.6 Å². The number of nitriles is 1. The van der Waals surface area contributed by atoms with Crippen molar-refractivity contribution in [1.29, 1.82) is 5.26 Å². The molecule has 0 bridgehead atoms. The number of hydrogen-bond donors (Lipinski definition) is 0. The molecule has 0 aliphatic carbocycles. The van der Waals surface area contributed by atoms with Crippen LogP contribution in [0, 0.1) is 11.3 Å². The molecule has 1 heterocycles. The van der Waals surface area contributed by atoms with Crippen LogP contribution in [0.2, 0.25) is 0 Å². The summed E-state index contributed by atoms with van der Waals surface area (Å²) in [6.45, 7) is 2.38. The second-order valence-corrected chi connectivity index (χ2v) is 3.81. The molecule has 0 fully saturated rings. The van der Waals surface area contributed by atoms with Gasteiger partial charge in [-0.15, -0.1) is 0 Å². The molecule has 0 N–H and O–H groups in total. The summed E-state index contributed by atoms with van der Waals surface area (Å²) in [5.74, 6) is 1.60. The van der Waals surface area contributed by atoms with Crippen molar-refractivity contribution in [3.05, 3.63) is 23.8 Å². The summed E-state index contributed by atoms with van der Waals surface area (Å²) in [7, 11) is 1.92. The number of rotatable bonds is 3. The summed E-state index contributed by atoms with van der Waals surface area (Å²) in [4.78, 5) is 1.95. The van der Waals surface area contributed by atoms with Gasteiger partial charge >= 0.3 is 0 Å². The first-order chi connectivity index (χ1) is 7.79. The summed E-state index contributed by atoms with van der Waals surface area (Å²) in [6, 6.07) is 8.02. The van der Waals surface area contributed by atoms with E-state index in [1.54, 1.807) is 0 Å². The maximum Gasteiger partial charge on any atom is 0.161 e. The Morgan fingerprint density at radius 3 is 2.81 bits per heavy atom. The highest BCUT2D eigenvalue weighted by atomic mass is 16.6. The Morgan fingerprint density at radius 1 is 1.31 bits per heavy atom. The lowest BCUT2D eigenvalue weighted by atomic mass is 10.2. The summed E-state index contributed by atoms with van der Waals surface area (Å²) in [5, 5.41) is 8.57. The lowest BCUT2D eigenvalue weighted by molar-refractivity contribution is 0.171. The maximum atomic E-state index is 8.57. The van der Waals surface area contributed by atoms with Crippen LogP contribution in [-0.4, -0.2) is 31.7 Å². The molecule has 0 spiro atoms. The van der Waals surface area contributed by atoms with E-state index < -0.39 is 0 Å². The van der Waals surface area contributed by atoms with Crippen LogP contribution in [0.15, 0.2) is 18.2 Å². The van der Waals surface area contributed by atoms with Crippen molar-refractivity contribution in [3.8, 4) is 17.6 Å². The van der Waals surface area contributed by atoms with E-state index in [4.69, 9.17) is 14.7 Å². The largest absolute Gasteiger partial charge is 0.486 e. The van der Waals surface area contributed by atoms with Gasteiger partial charge < -0.3 is 9.47 Å². The molecule has 0 aromatic heterocycles. The number of fused-ring (bicyclic) bond motifs is 1. The molecule has 0 atom stereocenters. The van der Waals surface area contributed by atoms with Gasteiger partial charge in [0.2, 0.25) is 0 Å². The van der Waals surface area contributed by atoms with Crippen molar-refractivity contribution in [3.63, 3.8) is 0 Å². The van der Waals surface area contributed by atoms with Crippen molar-refractivity contribution in [2.45, 2.75) is 6.54 Å². The Balaban J connectivity index is 2.08. The van der Waals surface area contributed by atoms with Crippen LogP contribution in [-0.2, 0) is 6.54 Å². The molecule has 1 aromatic rings. The van der Waals surface area contributed by atoms with Gasteiger partial charge in [0.1, 0.15) is 13.2 Å². The average molecular weight is 218 g/mol. The lowest BCUT2D eigenvalue weighted by Gasteiger charge is -2.20. The molecule has 2 rings (SSSR count). The fourth-order valence-electron chi connectivity index (χ4n) is 1.67. The molecule has 1 aliphatic heterocycles. The Morgan fingerprint density at radius 2 is 2.06 bits per heavy atom. The summed E-state index contributed by atoms with van der Waals surface area (Å²) >= 11 is 0. The minimum atomic E-state index is 0.425. The molecule has 0 saturated heterocycles. The summed E-state index contributed by atoms with van der Waals surface area (Å²) in [5.41, 5.74) is 1.13. The first kappa shape index (κ1) is 10.8. The quantitative estimate of drug-likeness (QED) is 0.720. The second kappa shape index (κ2) is 4.86. The van der Waals surface area contributed by atoms with E-state index in [2.05, 4.69) is 6.07 Å². The summed E-state index contributed by atoms with van der Waals surface area (Å²) in [6.07, 6.45) is 0. The lowest BCUT2D eigenvalue weighted by Crippen LogP contribution is -2.19. The topological polar surface area (TPSA) is 45.5 Å². The zero-order valence-corrected chi connectivity index (χ0v) is 9.27. The SMILES string of the molecule is CN(CC#N)Cc1ccc2c(c1)OCCO2. The Kier molecular flexibility index (Phi) is 3.28. The second-order valence-electron chi connectivity index (χ2n) is 3.81. The van der Waals surface area contributed by atoms with E-state index in [1.807, 2.05) is 30.1 Å². The van der Waals surface area contributed by atoms with Gasteiger partial charge in [0.25, 0.3) is 0 Å². The van der Waals surface area contributed by atoms with Gasteiger partial charge in [-0.25, -0.2) is 0 Å². The Hall–Kier alpha value is -1.73. The molecule has 1 aromatic carbocycles. The van der Waals surface area contributed by atoms with E-state index in [1.165, 1.54) is 0 Å². The minimum absolute atomic E-state index is 0.425. The number of nitrogens with zero attached hydrogens (tertiary/aromatic N) is 2. The third-order valence-electron chi connectivity index (χ3n) is 2.40. The molecule has 1 aliphatic rings. The monoisotopic (exact) mass is 218 g/mol. The highest BCUT2D eigenvalue weighted by Crippen LogP contribution is 2.30. The fraction of sp³-hybridized carbons (Fsp3) is 0.417. The van der Waals surface area contributed by atoms with Crippen molar-refractivity contribution in [1.82, 2.24) is 4.90 Å². The van der Waals surface area contributed by atoms with Gasteiger partial charge in [-0.1, -0.05) is 6.07 Å². The molecule has 0 unspecified atom stereocenters. The van der Waals surface area contributed by atoms with Crippen LogP contribution < -0.4 is 9.47 Å². The van der Waals surface area contributed by atoms with Gasteiger partial charge in [0, 0.05) is 6.54 Å². The van der Waals surface area contributed by atoms with Crippen LogP contribution in [0.25, 0.3) is 0 Å². The van der Waals surface area contributed by atoms with Crippen LogP contribution in [0.1, 0.15) is 5.56 Å². The molecule has 16 heavy (non-hydrogen) atoms. The molecule has 4 nitrogen and oxygen atoms in total. The third kappa shape index (κ3) is 2.44. The van der Waals surface area contributed by atoms with Crippen LogP contribution in [0.3, 0.4) is 0 Å². The molecule has 0 amide bonds. The molecular formula is C12H14N2O2. The van der Waals surface area contributed by atoms with Crippen molar-refractivity contribution in [2.24, 2.45) is 0 Å². The summed E-state index contributed by atoms with van der Waals surface area (Å²) < 4.78 is 10.9. The highest BCUT2D eigenvalue weighted by molar-refractivity contribution is 5.43. The molecular weight excluding hydrogens is 204 g/mol. The highest BCUT2D eigenvalue weighted by Gasteiger charge is 2.12. The smallest absolute Gasteiger partial charge is 0.161 e. The van der Waals surface area contributed by atoms with Crippen LogP contribution in [0.4, 0.5) is 0 Å². The van der Waals surface area contributed by atoms with Crippen molar-refractivity contribution < 1.29 is 9.47 Å². The first-order valence-corrected chi connectivity index (χ1v) is 5.23. The predicted molar refractivity (Wildman–Crippen MR) is 59.4 cm³/mol. The van der Waals surface area contributed by atoms with E-state index in [9.17, 15) is 0 Å². The number of benzene rings is 1. The molecule has 0 saturated carbocycles. The zero-order valence-electron chi connectivity index (χ0n) is 9.27. The normalized spacial score (nSPS) is 13.6. The average Bonchev–Trinajstić information content (AvgIpc) is 2.29. The van der Waals surface area contributed by atoms with Gasteiger partial charge in [-0.2, -0.15) is 5.26 Å². The standard InChI is InChI=1S/C12H14N2O2/c1-14(5-4-13)9-10-2-3-11-12(8-10)16-7-6-15-11/h2-3,8H,5-7,9H2,1H3. The van der Waals surface area contributed by atoms with Crippen molar-refractivity contribution in [2.75, 3.05) is 26.8 Å². The van der Waals surface area contributed by atoms with E-state index in [0.29, 0.717) is 19.8 Å². The minimum Gasteiger partial charge on any atom is -0.486 e. The Labute approximate surface area is 95.0 Å². The first-order valence-electron chi connectivity index (χ1n) is 5.23.